The molecule has 1 aromatic heterocycles. The first kappa shape index (κ1) is 54.0. The summed E-state index contributed by atoms with van der Waals surface area (Å²) in [6.45, 7) is 11.1. The van der Waals surface area contributed by atoms with Gasteiger partial charge < -0.3 is 45.3 Å². The number of halogens is 1. The van der Waals surface area contributed by atoms with Crippen molar-refractivity contribution in [3.8, 4) is 11.3 Å². The van der Waals surface area contributed by atoms with E-state index in [0.29, 0.717) is 56.8 Å². The maximum atomic E-state index is 13.9. The van der Waals surface area contributed by atoms with E-state index < -0.39 is 78.6 Å². The highest BCUT2D eigenvalue weighted by Gasteiger charge is 2.47. The molecule has 2 aliphatic heterocycles. The molecule has 0 aliphatic carbocycles. The molecule has 12 atom stereocenters. The predicted octanol–water partition coefficient (Wildman–Crippen LogP) is 5.49. The van der Waals surface area contributed by atoms with Gasteiger partial charge in [0, 0.05) is 45.7 Å². The number of carbonyl (C=O) groups excluding carboxylic acids is 2. The van der Waals surface area contributed by atoms with Gasteiger partial charge in [0.05, 0.1) is 56.2 Å². The van der Waals surface area contributed by atoms with E-state index in [2.05, 4.69) is 62.1 Å². The van der Waals surface area contributed by atoms with Crippen molar-refractivity contribution in [3.63, 3.8) is 0 Å². The number of ketones is 1. The summed E-state index contributed by atoms with van der Waals surface area (Å²) < 4.78 is 21.8. The predicted molar refractivity (Wildman–Crippen MR) is 260 cm³/mol. The highest BCUT2D eigenvalue weighted by atomic mass is 127. The normalized spacial score (nSPS) is 31.0. The summed E-state index contributed by atoms with van der Waals surface area (Å²) in [6.07, 6.45) is 0.959. The summed E-state index contributed by atoms with van der Waals surface area (Å²) in [4.78, 5) is 31.5. The molecule has 2 aliphatic rings. The van der Waals surface area contributed by atoms with Crippen LogP contribution in [0.5, 0.6) is 0 Å². The number of rotatable bonds is 14. The standard InChI is InChI=1S/C48H69IN6O9.CH4/c1-8-42-36(28-56)22-29(2)12-17-40(57)30(3)23-35(47(31(4)41(58)25-43(59)63-42)64-48-46(61)44(53(6)7)45(60)32(5)62-48)18-19-54(26-33-13-15-37(49)16-14-33)20-21-55-27-39(51-52-55)34-10-9-11-38(50)24-34;/h9-17,22,24,27,30-32,35-36,41-42,44-48,56,58,60-61H,8,18-21,23,25-26,28,50H2,1-7H3;1H4/b17-12+,29-22+;/t30-,31+,32-,35+,36-,41-,42-,44?,45-,46?,47-,48+;/m1./s1. The number of aliphatic hydroxyl groups is 4. The lowest BCUT2D eigenvalue weighted by atomic mass is 9.79. The van der Waals surface area contributed by atoms with E-state index in [9.17, 15) is 30.0 Å². The highest BCUT2D eigenvalue weighted by molar-refractivity contribution is 14.1. The number of allylic oxidation sites excluding steroid dienone is 3. The molecule has 5 rings (SSSR count). The van der Waals surface area contributed by atoms with Crippen molar-refractivity contribution in [3.05, 3.63) is 87.7 Å². The Morgan fingerprint density at radius 3 is 2.40 bits per heavy atom. The zero-order valence-electron chi connectivity index (χ0n) is 38.2. The van der Waals surface area contributed by atoms with E-state index >= 15 is 0 Å². The Bertz CT molecular complexity index is 2010. The number of nitrogens with two attached hydrogens (primary N) is 1. The topological polar surface area (TPSA) is 206 Å². The maximum absolute atomic E-state index is 13.9. The molecule has 360 valence electrons. The van der Waals surface area contributed by atoms with Gasteiger partial charge in [-0.05, 0) is 118 Å². The molecule has 2 aromatic carbocycles. The van der Waals surface area contributed by atoms with Crippen LogP contribution in [-0.2, 0) is 36.9 Å². The van der Waals surface area contributed by atoms with E-state index in [0.717, 1.165) is 20.3 Å². The Labute approximate surface area is 399 Å². The van der Waals surface area contributed by atoms with Gasteiger partial charge in [0.2, 0.25) is 0 Å². The number of aliphatic hydroxyl groups excluding tert-OH is 4. The maximum Gasteiger partial charge on any atom is 0.308 e. The van der Waals surface area contributed by atoms with Crippen LogP contribution in [0.4, 0.5) is 5.69 Å². The van der Waals surface area contributed by atoms with Crippen LogP contribution in [0.3, 0.4) is 0 Å². The molecule has 6 N–H and O–H groups in total. The smallest absolute Gasteiger partial charge is 0.308 e. The van der Waals surface area contributed by atoms with E-state index in [1.807, 2.05) is 62.0 Å². The number of ether oxygens (including phenoxy) is 3. The Morgan fingerprint density at radius 1 is 1.02 bits per heavy atom. The van der Waals surface area contributed by atoms with Crippen LogP contribution in [0.1, 0.15) is 73.3 Å². The SMILES string of the molecule is C.CC[C@H]1OC(=O)C[C@@H](O)[C@H](C)[C@@H](O[C@@H]2O[C@H](C)[C@@H](O)C(N(C)C)C2O)[C@@H](CCN(CCn2cc(-c3cccc(N)c3)nn2)Cc2ccc(I)cc2)C[C@@H](C)C(=O)/C=C/C(C)=C/[C@@H]1CO. The molecular formula is C49H73IN6O9. The molecular weight excluding hydrogens is 943 g/mol. The summed E-state index contributed by atoms with van der Waals surface area (Å²) in [6, 6.07) is 15.1. The van der Waals surface area contributed by atoms with Gasteiger partial charge in [0.1, 0.15) is 17.9 Å². The van der Waals surface area contributed by atoms with Crippen LogP contribution >= 0.6 is 22.6 Å². The number of benzene rings is 2. The summed E-state index contributed by atoms with van der Waals surface area (Å²) in [5, 5.41) is 53.8. The van der Waals surface area contributed by atoms with Crippen molar-refractivity contribution in [2.45, 2.75) is 130 Å². The second-order valence-electron chi connectivity index (χ2n) is 17.9. The molecule has 15 nitrogen and oxygen atoms in total. The first-order chi connectivity index (χ1) is 30.5. The van der Waals surface area contributed by atoms with Gasteiger partial charge >= 0.3 is 5.97 Å². The number of hydrogen-bond acceptors (Lipinski definition) is 14. The quantitative estimate of drug-likeness (QED) is 0.0771. The minimum absolute atomic E-state index is 0. The molecule has 1 fully saturated rings. The van der Waals surface area contributed by atoms with Crippen molar-refractivity contribution >= 4 is 40.0 Å². The highest BCUT2D eigenvalue weighted by Crippen LogP contribution is 2.35. The molecule has 2 unspecified atom stereocenters. The van der Waals surface area contributed by atoms with Gasteiger partial charge in [0.15, 0.2) is 12.1 Å². The molecule has 0 bridgehead atoms. The lowest BCUT2D eigenvalue weighted by Gasteiger charge is -2.46. The first-order valence-corrected chi connectivity index (χ1v) is 23.5. The molecule has 16 heteroatoms. The first-order valence-electron chi connectivity index (χ1n) is 22.4. The average molecular weight is 1020 g/mol. The van der Waals surface area contributed by atoms with Gasteiger partial charge in [-0.2, -0.15) is 0 Å². The van der Waals surface area contributed by atoms with E-state index in [-0.39, 0.29) is 26.2 Å². The number of hydrogen-bond donors (Lipinski definition) is 5. The number of esters is 1. The van der Waals surface area contributed by atoms with Crippen molar-refractivity contribution in [2.75, 3.05) is 39.5 Å². The zero-order valence-corrected chi connectivity index (χ0v) is 40.4. The number of aromatic nitrogens is 3. The van der Waals surface area contributed by atoms with Gasteiger partial charge in [0.25, 0.3) is 0 Å². The van der Waals surface area contributed by atoms with Crippen LogP contribution < -0.4 is 5.73 Å². The summed E-state index contributed by atoms with van der Waals surface area (Å²) in [5.74, 6) is -2.86. The second kappa shape index (κ2) is 25.5. The van der Waals surface area contributed by atoms with Gasteiger partial charge in [-0.15, -0.1) is 5.10 Å². The zero-order chi connectivity index (χ0) is 46.7. The number of anilines is 1. The van der Waals surface area contributed by atoms with Crippen molar-refractivity contribution in [1.29, 1.82) is 0 Å². The molecule has 65 heavy (non-hydrogen) atoms. The largest absolute Gasteiger partial charge is 0.462 e. The van der Waals surface area contributed by atoms with Crippen LogP contribution in [0.15, 0.2) is 78.5 Å². The third kappa shape index (κ3) is 15.2. The lowest BCUT2D eigenvalue weighted by Crippen LogP contribution is -2.63. The number of carbonyl (C=O) groups is 2. The van der Waals surface area contributed by atoms with Crippen LogP contribution in [-0.4, -0.2) is 140 Å². The van der Waals surface area contributed by atoms with Crippen molar-refractivity contribution in [1.82, 2.24) is 24.8 Å². The van der Waals surface area contributed by atoms with E-state index in [4.69, 9.17) is 19.9 Å². The van der Waals surface area contributed by atoms with E-state index in [1.165, 1.54) is 0 Å². The lowest BCUT2D eigenvalue weighted by molar-refractivity contribution is -0.304. The summed E-state index contributed by atoms with van der Waals surface area (Å²) in [7, 11) is 3.53. The van der Waals surface area contributed by atoms with Crippen LogP contribution in [0.25, 0.3) is 11.3 Å². The fourth-order valence-corrected chi connectivity index (χ4v) is 9.16. The minimum Gasteiger partial charge on any atom is -0.462 e. The minimum atomic E-state index is -1.27. The van der Waals surface area contributed by atoms with Gasteiger partial charge in [-0.25, -0.2) is 0 Å². The molecule has 1 saturated heterocycles. The van der Waals surface area contributed by atoms with Crippen molar-refractivity contribution < 1.29 is 44.2 Å². The van der Waals surface area contributed by atoms with Gasteiger partial charge in [-0.3, -0.25) is 19.2 Å². The second-order valence-corrected chi connectivity index (χ2v) is 19.1. The fourth-order valence-electron chi connectivity index (χ4n) is 8.81. The molecule has 0 radical (unpaired) electrons. The summed E-state index contributed by atoms with van der Waals surface area (Å²) >= 11 is 2.29. The van der Waals surface area contributed by atoms with Crippen LogP contribution in [0.2, 0.25) is 0 Å². The average Bonchev–Trinajstić information content (AvgIpc) is 3.74. The molecule has 3 heterocycles. The summed E-state index contributed by atoms with van der Waals surface area (Å²) in [5.41, 5.74) is 10.1. The molecule has 3 aromatic rings. The third-order valence-electron chi connectivity index (χ3n) is 12.7. The van der Waals surface area contributed by atoms with Crippen LogP contribution in [0, 0.1) is 27.2 Å². The number of likely N-dealkylation sites (N-methyl/N-ethyl adjacent to an activating group) is 1. The van der Waals surface area contributed by atoms with Crippen molar-refractivity contribution in [2.24, 2.45) is 23.7 Å². The monoisotopic (exact) mass is 1020 g/mol. The Kier molecular flexibility index (Phi) is 21.2. The Morgan fingerprint density at radius 2 is 1.74 bits per heavy atom. The van der Waals surface area contributed by atoms with Gasteiger partial charge in [-0.1, -0.05) is 75.4 Å². The number of nitrogens with zero attached hydrogens (tertiary/aromatic N) is 5. The fraction of sp³-hybridized carbons (Fsp3) is 0.592. The molecule has 0 spiro atoms. The third-order valence-corrected chi connectivity index (χ3v) is 13.4. The Balaban J connectivity index is 0.00000925. The molecule has 0 saturated carbocycles. The van der Waals surface area contributed by atoms with E-state index in [1.54, 1.807) is 45.0 Å². The Hall–Kier alpha value is -3.59. The number of cyclic esters (lactones) is 1. The number of nitrogen functional groups attached to an aromatic ring is 1. The molecule has 0 amide bonds.